The quantitative estimate of drug-likeness (QED) is 0.703. The highest BCUT2D eigenvalue weighted by Crippen LogP contribution is 2.21. The fraction of sp³-hybridized carbons (Fsp3) is 0.467. The van der Waals surface area contributed by atoms with E-state index in [1.807, 2.05) is 0 Å². The summed E-state index contributed by atoms with van der Waals surface area (Å²) in [6, 6.07) is 1.54. The van der Waals surface area contributed by atoms with Gasteiger partial charge in [-0.25, -0.2) is 14.0 Å². The number of esters is 1. The molecule has 0 bridgehead atoms. The number of aliphatic hydroxyl groups excluding tert-OH is 1. The molecule has 0 saturated heterocycles. The molecule has 1 rings (SSSR count). The van der Waals surface area contributed by atoms with E-state index in [1.165, 1.54) is 12.1 Å². The number of urea groups is 1. The Morgan fingerprint density at radius 1 is 1.41 bits per heavy atom. The van der Waals surface area contributed by atoms with Crippen molar-refractivity contribution >= 4 is 17.7 Å². The second-order valence-electron chi connectivity index (χ2n) is 4.88. The molecule has 0 heterocycles. The highest BCUT2D eigenvalue weighted by Gasteiger charge is 2.16. The van der Waals surface area contributed by atoms with Crippen molar-refractivity contribution < 1.29 is 23.8 Å². The van der Waals surface area contributed by atoms with Crippen molar-refractivity contribution in [2.24, 2.45) is 0 Å². The summed E-state index contributed by atoms with van der Waals surface area (Å²) in [6.45, 7) is 5.12. The fourth-order valence-electron chi connectivity index (χ4n) is 1.85. The molecule has 0 unspecified atom stereocenters. The van der Waals surface area contributed by atoms with Gasteiger partial charge in [0.2, 0.25) is 0 Å². The lowest BCUT2D eigenvalue weighted by Gasteiger charge is -2.15. The topological polar surface area (TPSA) is 87.7 Å². The molecule has 0 aromatic heterocycles. The number of halogens is 1. The third-order valence-electron chi connectivity index (χ3n) is 3.00. The number of aryl methyl sites for hydroxylation is 1. The first-order valence-corrected chi connectivity index (χ1v) is 7.04. The normalized spacial score (nSPS) is 11.7. The van der Waals surface area contributed by atoms with Gasteiger partial charge >= 0.3 is 12.0 Å². The smallest absolute Gasteiger partial charge is 0.338 e. The molecule has 0 aliphatic carbocycles. The number of ether oxygens (including phenoxy) is 1. The molecule has 0 aliphatic heterocycles. The average Bonchev–Trinajstić information content (AvgIpc) is 2.42. The Labute approximate surface area is 128 Å². The van der Waals surface area contributed by atoms with Crippen LogP contribution in [0.4, 0.5) is 14.9 Å². The Morgan fingerprint density at radius 3 is 2.68 bits per heavy atom. The van der Waals surface area contributed by atoms with Crippen molar-refractivity contribution in [3.05, 3.63) is 29.1 Å². The summed E-state index contributed by atoms with van der Waals surface area (Å²) in [4.78, 5) is 23.5. The van der Waals surface area contributed by atoms with Crippen molar-refractivity contribution in [1.29, 1.82) is 0 Å². The first-order chi connectivity index (χ1) is 10.4. The highest BCUT2D eigenvalue weighted by atomic mass is 19.1. The summed E-state index contributed by atoms with van der Waals surface area (Å²) in [5, 5.41) is 13.7. The van der Waals surface area contributed by atoms with Crippen LogP contribution < -0.4 is 10.6 Å². The van der Waals surface area contributed by atoms with Gasteiger partial charge in [0, 0.05) is 12.6 Å². The molecular formula is C15H21FN2O4. The number of hydrogen-bond acceptors (Lipinski definition) is 4. The minimum Gasteiger partial charge on any atom is -0.462 e. The lowest BCUT2D eigenvalue weighted by atomic mass is 10.1. The molecular weight excluding hydrogens is 291 g/mol. The van der Waals surface area contributed by atoms with Crippen molar-refractivity contribution in [2.75, 3.05) is 18.5 Å². The number of amides is 2. The number of nitrogens with one attached hydrogen (secondary N) is 2. The van der Waals surface area contributed by atoms with Gasteiger partial charge in [-0.15, -0.1) is 0 Å². The number of carbonyl (C=O) groups is 2. The van der Waals surface area contributed by atoms with Gasteiger partial charge in [-0.1, -0.05) is 0 Å². The molecule has 1 atom stereocenters. The number of aliphatic hydroxyl groups is 1. The molecule has 6 nitrogen and oxygen atoms in total. The zero-order valence-electron chi connectivity index (χ0n) is 12.9. The van der Waals surface area contributed by atoms with Crippen LogP contribution in [0.25, 0.3) is 0 Å². The Balaban J connectivity index is 2.88. The second kappa shape index (κ2) is 8.33. The van der Waals surface area contributed by atoms with Crippen LogP contribution in [0.2, 0.25) is 0 Å². The van der Waals surface area contributed by atoms with E-state index in [-0.39, 0.29) is 30.5 Å². The van der Waals surface area contributed by atoms with Crippen LogP contribution in [0.15, 0.2) is 12.1 Å². The zero-order valence-corrected chi connectivity index (χ0v) is 12.9. The number of rotatable bonds is 6. The van der Waals surface area contributed by atoms with Crippen molar-refractivity contribution in [3.8, 4) is 0 Å². The number of hydrogen-bond donors (Lipinski definition) is 3. The predicted molar refractivity (Wildman–Crippen MR) is 80.4 cm³/mol. The summed E-state index contributed by atoms with van der Waals surface area (Å²) < 4.78 is 18.8. The summed E-state index contributed by atoms with van der Waals surface area (Å²) in [6.07, 6.45) is 0.387. The van der Waals surface area contributed by atoms with Gasteiger partial charge in [0.1, 0.15) is 5.82 Å². The number of anilines is 1. The summed E-state index contributed by atoms with van der Waals surface area (Å²) >= 11 is 0. The first kappa shape index (κ1) is 17.9. The Hall–Kier alpha value is -2.15. The maximum atomic E-state index is 13.9. The largest absolute Gasteiger partial charge is 0.462 e. The summed E-state index contributed by atoms with van der Waals surface area (Å²) in [7, 11) is 0. The molecule has 0 fully saturated rings. The van der Waals surface area contributed by atoms with Crippen LogP contribution in [-0.2, 0) is 4.74 Å². The van der Waals surface area contributed by atoms with Gasteiger partial charge in [-0.2, -0.15) is 0 Å². The van der Waals surface area contributed by atoms with Gasteiger partial charge in [-0.3, -0.25) is 0 Å². The van der Waals surface area contributed by atoms with Crippen molar-refractivity contribution in [3.63, 3.8) is 0 Å². The van der Waals surface area contributed by atoms with Crippen molar-refractivity contribution in [1.82, 2.24) is 5.32 Å². The Kier molecular flexibility index (Phi) is 6.78. The molecule has 0 saturated carbocycles. The Morgan fingerprint density at radius 2 is 2.09 bits per heavy atom. The molecule has 1 aromatic carbocycles. The average molecular weight is 312 g/mol. The first-order valence-electron chi connectivity index (χ1n) is 7.04. The monoisotopic (exact) mass is 312 g/mol. The van der Waals surface area contributed by atoms with Gasteiger partial charge in [-0.05, 0) is 44.9 Å². The fourth-order valence-corrected chi connectivity index (χ4v) is 1.85. The molecule has 22 heavy (non-hydrogen) atoms. The van der Waals surface area contributed by atoms with Crippen LogP contribution in [0, 0.1) is 12.7 Å². The van der Waals surface area contributed by atoms with Gasteiger partial charge in [0.05, 0.1) is 17.9 Å². The molecule has 2 amide bonds. The van der Waals surface area contributed by atoms with E-state index in [0.717, 1.165) is 0 Å². The van der Waals surface area contributed by atoms with E-state index in [0.29, 0.717) is 12.0 Å². The van der Waals surface area contributed by atoms with E-state index in [1.54, 1.807) is 20.8 Å². The number of benzene rings is 1. The third-order valence-corrected chi connectivity index (χ3v) is 3.00. The zero-order chi connectivity index (χ0) is 16.7. The third kappa shape index (κ3) is 5.00. The number of carbonyl (C=O) groups excluding carboxylic acids is 2. The predicted octanol–water partition coefficient (Wildman–Crippen LogP) is 2.20. The maximum absolute atomic E-state index is 13.9. The molecule has 0 radical (unpaired) electrons. The van der Waals surface area contributed by atoms with Gasteiger partial charge in [0.15, 0.2) is 0 Å². The van der Waals surface area contributed by atoms with E-state index in [9.17, 15) is 14.0 Å². The van der Waals surface area contributed by atoms with E-state index >= 15 is 0 Å². The van der Waals surface area contributed by atoms with Crippen LogP contribution in [0.5, 0.6) is 0 Å². The molecule has 1 aromatic rings. The minimum atomic E-state index is -0.643. The van der Waals surface area contributed by atoms with E-state index < -0.39 is 17.8 Å². The lowest BCUT2D eigenvalue weighted by molar-refractivity contribution is 0.0525. The standard InChI is InChI=1S/C15H21FN2O4/c1-4-22-14(20)11-8-13(12(16)7-9(11)2)18-15(21)17-10(3)5-6-19/h7-8,10,19H,4-6H2,1-3H3,(H2,17,18,21)/t10-/m1/s1. The molecule has 0 spiro atoms. The SMILES string of the molecule is CCOC(=O)c1cc(NC(=O)N[C@H](C)CCO)c(F)cc1C. The maximum Gasteiger partial charge on any atom is 0.338 e. The minimum absolute atomic E-state index is 0.0622. The summed E-state index contributed by atoms with van der Waals surface area (Å²) in [5.41, 5.74) is 0.514. The van der Waals surface area contributed by atoms with Crippen LogP contribution >= 0.6 is 0 Å². The van der Waals surface area contributed by atoms with Gasteiger partial charge < -0.3 is 20.5 Å². The molecule has 0 aliphatic rings. The second-order valence-corrected chi connectivity index (χ2v) is 4.88. The summed E-state index contributed by atoms with van der Waals surface area (Å²) in [5.74, 6) is -1.22. The molecule has 122 valence electrons. The Bertz CT molecular complexity index is 549. The highest BCUT2D eigenvalue weighted by molar-refractivity contribution is 5.95. The van der Waals surface area contributed by atoms with Crippen LogP contribution in [0.1, 0.15) is 36.2 Å². The van der Waals surface area contributed by atoms with Gasteiger partial charge in [0.25, 0.3) is 0 Å². The van der Waals surface area contributed by atoms with E-state index in [4.69, 9.17) is 9.84 Å². The van der Waals surface area contributed by atoms with E-state index in [2.05, 4.69) is 10.6 Å². The lowest BCUT2D eigenvalue weighted by Crippen LogP contribution is -2.36. The van der Waals surface area contributed by atoms with Crippen LogP contribution in [0.3, 0.4) is 0 Å². The molecule has 7 heteroatoms. The molecule has 3 N–H and O–H groups in total. The van der Waals surface area contributed by atoms with Crippen LogP contribution in [-0.4, -0.2) is 36.4 Å². The van der Waals surface area contributed by atoms with Crippen molar-refractivity contribution in [2.45, 2.75) is 33.2 Å².